The molecule has 0 unspecified atom stereocenters. The van der Waals surface area contributed by atoms with Gasteiger partial charge in [-0.25, -0.2) is 4.98 Å². The molecule has 0 saturated heterocycles. The Morgan fingerprint density at radius 3 is 1.86 bits per heavy atom. The fraction of sp³-hybridized carbons (Fsp3) is 0.160. The van der Waals surface area contributed by atoms with Crippen LogP contribution in [0.5, 0.6) is 0 Å². The highest BCUT2D eigenvalue weighted by Crippen LogP contribution is 2.20. The van der Waals surface area contributed by atoms with E-state index in [9.17, 15) is 19.2 Å². The normalized spacial score (nSPS) is 11.0. The average molecular weight is 503 g/mol. The summed E-state index contributed by atoms with van der Waals surface area (Å²) in [5, 5.41) is 8.24. The topological polar surface area (TPSA) is 137 Å². The molecule has 0 aromatic carbocycles. The number of carbonyl (C=O) groups is 4. The van der Waals surface area contributed by atoms with Crippen molar-refractivity contribution < 1.29 is 19.2 Å². The number of aromatic nitrogens is 5. The molecule has 12 heteroatoms. The van der Waals surface area contributed by atoms with Crippen molar-refractivity contribution in [3.05, 3.63) is 78.7 Å². The van der Waals surface area contributed by atoms with E-state index in [-0.39, 0.29) is 23.6 Å². The van der Waals surface area contributed by atoms with Crippen molar-refractivity contribution in [2.75, 3.05) is 16.0 Å². The zero-order valence-corrected chi connectivity index (χ0v) is 20.7. The minimum atomic E-state index is -0.388. The molecule has 4 aromatic heterocycles. The van der Waals surface area contributed by atoms with Crippen LogP contribution in [0.15, 0.2) is 61.6 Å². The van der Waals surface area contributed by atoms with E-state index in [1.165, 1.54) is 30.1 Å². The van der Waals surface area contributed by atoms with E-state index < -0.39 is 0 Å². The molecule has 190 valence electrons. The van der Waals surface area contributed by atoms with Gasteiger partial charge in [0.15, 0.2) is 0 Å². The van der Waals surface area contributed by atoms with Crippen molar-refractivity contribution in [1.82, 2.24) is 23.3 Å². The van der Waals surface area contributed by atoms with Crippen LogP contribution in [-0.2, 0) is 25.9 Å². The minimum Gasteiger partial charge on any atom is -0.349 e. The Morgan fingerprint density at radius 1 is 0.784 bits per heavy atom. The Balaban J connectivity index is 1.42. The number of aryl methyl sites for hydroxylation is 3. The van der Waals surface area contributed by atoms with E-state index in [2.05, 4.69) is 20.9 Å². The molecule has 0 aliphatic carbocycles. The molecule has 37 heavy (non-hydrogen) atoms. The van der Waals surface area contributed by atoms with Gasteiger partial charge in [0, 0.05) is 70.8 Å². The van der Waals surface area contributed by atoms with Gasteiger partial charge < -0.3 is 29.7 Å². The molecule has 12 nitrogen and oxygen atoms in total. The van der Waals surface area contributed by atoms with Gasteiger partial charge in [0.05, 0.1) is 17.1 Å². The Kier molecular flexibility index (Phi) is 6.91. The summed E-state index contributed by atoms with van der Waals surface area (Å²) in [5.41, 5.74) is 2.88. The second kappa shape index (κ2) is 10.2. The second-order valence-electron chi connectivity index (χ2n) is 8.45. The molecule has 3 N–H and O–H groups in total. The van der Waals surface area contributed by atoms with Crippen LogP contribution < -0.4 is 16.0 Å². The lowest BCUT2D eigenvalue weighted by atomic mass is 10.3. The lowest BCUT2D eigenvalue weighted by Crippen LogP contribution is -2.15. The van der Waals surface area contributed by atoms with Crippen LogP contribution in [0.2, 0.25) is 0 Å². The number of nitrogens with one attached hydrogen (secondary N) is 3. The highest BCUT2D eigenvalue weighted by Gasteiger charge is 2.17. The fourth-order valence-corrected chi connectivity index (χ4v) is 3.76. The molecule has 4 heterocycles. The molecule has 4 aromatic rings. The largest absolute Gasteiger partial charge is 0.349 e. The zero-order valence-electron chi connectivity index (χ0n) is 20.7. The van der Waals surface area contributed by atoms with Crippen molar-refractivity contribution in [1.29, 1.82) is 0 Å². The number of amides is 3. The van der Waals surface area contributed by atoms with Crippen molar-refractivity contribution in [2.45, 2.75) is 6.92 Å². The number of imidazole rings is 1. The fourth-order valence-electron chi connectivity index (χ4n) is 3.76. The maximum Gasteiger partial charge on any atom is 0.272 e. The van der Waals surface area contributed by atoms with Gasteiger partial charge in [-0.2, -0.15) is 0 Å². The van der Waals surface area contributed by atoms with E-state index >= 15 is 0 Å². The Morgan fingerprint density at radius 2 is 1.32 bits per heavy atom. The number of carbonyl (C=O) groups excluding carboxylic acids is 4. The zero-order chi connectivity index (χ0) is 26.7. The van der Waals surface area contributed by atoms with Gasteiger partial charge in [-0.3, -0.25) is 23.7 Å². The van der Waals surface area contributed by atoms with Gasteiger partial charge in [-0.1, -0.05) is 0 Å². The molecule has 0 fully saturated rings. The van der Waals surface area contributed by atoms with Gasteiger partial charge in [0.1, 0.15) is 17.7 Å². The third-order valence-electron chi connectivity index (χ3n) is 5.51. The van der Waals surface area contributed by atoms with Gasteiger partial charge in [-0.05, 0) is 24.3 Å². The summed E-state index contributed by atoms with van der Waals surface area (Å²) in [7, 11) is 5.19. The molecule has 0 aliphatic heterocycles. The van der Waals surface area contributed by atoms with Crippen molar-refractivity contribution in [3.63, 3.8) is 0 Å². The number of rotatable bonds is 7. The predicted molar refractivity (Wildman–Crippen MR) is 138 cm³/mol. The van der Waals surface area contributed by atoms with E-state index in [1.807, 2.05) is 0 Å². The summed E-state index contributed by atoms with van der Waals surface area (Å²) in [6.45, 7) is 1.39. The number of anilines is 3. The van der Waals surface area contributed by atoms with Gasteiger partial charge in [0.25, 0.3) is 17.7 Å². The first kappa shape index (κ1) is 25.0. The molecule has 0 bridgehead atoms. The van der Waals surface area contributed by atoms with Crippen LogP contribution in [0.25, 0.3) is 6.08 Å². The molecule has 0 aliphatic rings. The summed E-state index contributed by atoms with van der Waals surface area (Å²) in [6, 6.07) is 4.87. The number of nitrogens with zero attached hydrogens (tertiary/aromatic N) is 5. The lowest BCUT2D eigenvalue weighted by molar-refractivity contribution is -0.114. The number of allylic oxidation sites excluding steroid dienone is 1. The summed E-state index contributed by atoms with van der Waals surface area (Å²) >= 11 is 0. The second-order valence-corrected chi connectivity index (χ2v) is 8.45. The molecule has 0 spiro atoms. The quantitative estimate of drug-likeness (QED) is 0.334. The van der Waals surface area contributed by atoms with Crippen LogP contribution in [0.1, 0.15) is 38.4 Å². The van der Waals surface area contributed by atoms with E-state index in [0.717, 1.165) is 0 Å². The first-order valence-electron chi connectivity index (χ1n) is 11.2. The van der Waals surface area contributed by atoms with Crippen LogP contribution in [-0.4, -0.2) is 46.9 Å². The Bertz CT molecular complexity index is 1520. The molecular formula is C25H26N8O4. The van der Waals surface area contributed by atoms with Crippen LogP contribution >= 0.6 is 0 Å². The SMILES string of the molecule is CC(=O)Nc1cc(C(=O)Nc2cc(C(=O)Nc3cc(C=CC(=O)n4ccnc4)n(C)c3)n(C)c2)n(C)c1. The minimum absolute atomic E-state index is 0.235. The highest BCUT2D eigenvalue weighted by atomic mass is 16.2. The molecular weight excluding hydrogens is 476 g/mol. The van der Waals surface area contributed by atoms with Crippen LogP contribution in [0, 0.1) is 0 Å². The van der Waals surface area contributed by atoms with Crippen LogP contribution in [0.4, 0.5) is 17.1 Å². The van der Waals surface area contributed by atoms with E-state index in [1.54, 1.807) is 83.9 Å². The first-order chi connectivity index (χ1) is 17.6. The smallest absolute Gasteiger partial charge is 0.272 e. The molecule has 4 rings (SSSR count). The highest BCUT2D eigenvalue weighted by molar-refractivity contribution is 6.07. The lowest BCUT2D eigenvalue weighted by Gasteiger charge is -2.03. The Labute approximate surface area is 212 Å². The van der Waals surface area contributed by atoms with Crippen LogP contribution in [0.3, 0.4) is 0 Å². The van der Waals surface area contributed by atoms with E-state index in [4.69, 9.17) is 0 Å². The maximum atomic E-state index is 12.9. The summed E-state index contributed by atoms with van der Waals surface area (Å²) in [4.78, 5) is 52.9. The standard InChI is InChI=1S/C25H26N8O4/c1-16(34)27-18-10-21(31(3)13-18)25(37)29-19-11-22(32(4)14-19)24(36)28-17-9-20(30(2)12-17)5-6-23(35)33-8-7-26-15-33/h5-15H,1-4H3,(H,27,34)(H,28,36)(H,29,37). The summed E-state index contributed by atoms with van der Waals surface area (Å²) < 4.78 is 6.33. The van der Waals surface area contributed by atoms with Crippen molar-refractivity contribution >= 4 is 46.8 Å². The monoisotopic (exact) mass is 502 g/mol. The third-order valence-corrected chi connectivity index (χ3v) is 5.51. The molecule has 0 atom stereocenters. The van der Waals surface area contributed by atoms with Gasteiger partial charge >= 0.3 is 0 Å². The third kappa shape index (κ3) is 5.75. The van der Waals surface area contributed by atoms with E-state index in [0.29, 0.717) is 34.1 Å². The van der Waals surface area contributed by atoms with Crippen molar-refractivity contribution in [2.24, 2.45) is 21.1 Å². The predicted octanol–water partition coefficient (Wildman–Crippen LogP) is 2.72. The molecule has 0 radical (unpaired) electrons. The average Bonchev–Trinajstić information content (AvgIpc) is 3.60. The summed E-state index contributed by atoms with van der Waals surface area (Å²) in [6.07, 6.45) is 12.6. The van der Waals surface area contributed by atoms with Gasteiger partial charge in [0.2, 0.25) is 5.91 Å². The Hall–Kier alpha value is -5.13. The number of hydrogen-bond donors (Lipinski definition) is 3. The molecule has 3 amide bonds. The number of hydrogen-bond acceptors (Lipinski definition) is 5. The molecule has 0 saturated carbocycles. The van der Waals surface area contributed by atoms with Crippen molar-refractivity contribution in [3.8, 4) is 0 Å². The van der Waals surface area contributed by atoms with Gasteiger partial charge in [-0.15, -0.1) is 0 Å². The summed E-state index contributed by atoms with van der Waals surface area (Å²) in [5.74, 6) is -1.24. The maximum absolute atomic E-state index is 12.9. The first-order valence-corrected chi connectivity index (χ1v) is 11.2.